The van der Waals surface area contributed by atoms with Gasteiger partial charge >= 0.3 is 12.0 Å². The number of ether oxygens (including phenoxy) is 1. The van der Waals surface area contributed by atoms with Gasteiger partial charge in [-0.2, -0.15) is 0 Å². The summed E-state index contributed by atoms with van der Waals surface area (Å²) in [5.41, 5.74) is 0.842. The van der Waals surface area contributed by atoms with Crippen molar-refractivity contribution in [2.75, 3.05) is 6.61 Å². The third-order valence-electron chi connectivity index (χ3n) is 2.96. The lowest BCUT2D eigenvalue weighted by Gasteiger charge is -2.12. The molecular formula is C18H23N3O5. The highest BCUT2D eigenvalue weighted by Gasteiger charge is 2.18. The molecule has 140 valence electrons. The van der Waals surface area contributed by atoms with Gasteiger partial charge in [-0.15, -0.1) is 0 Å². The van der Waals surface area contributed by atoms with Crippen LogP contribution >= 0.6 is 0 Å². The minimum absolute atomic E-state index is 0.135. The van der Waals surface area contributed by atoms with Crippen LogP contribution in [-0.4, -0.2) is 42.5 Å². The Morgan fingerprint density at radius 3 is 2.31 bits per heavy atom. The molecule has 8 heteroatoms. The van der Waals surface area contributed by atoms with Crippen LogP contribution in [0.15, 0.2) is 36.4 Å². The Balaban J connectivity index is 2.35. The predicted octanol–water partition coefficient (Wildman–Crippen LogP) is 0.982. The Bertz CT molecular complexity index is 671. The molecule has 3 N–H and O–H groups in total. The average molecular weight is 361 g/mol. The van der Waals surface area contributed by atoms with E-state index in [1.54, 1.807) is 19.9 Å². The Hall–Kier alpha value is -3.16. The highest BCUT2D eigenvalue weighted by molar-refractivity contribution is 5.97. The molecule has 0 aliphatic carbocycles. The van der Waals surface area contributed by atoms with Crippen molar-refractivity contribution >= 4 is 29.9 Å². The molecule has 4 amide bonds. The van der Waals surface area contributed by atoms with Gasteiger partial charge in [0.25, 0.3) is 5.91 Å². The zero-order chi connectivity index (χ0) is 19.5. The van der Waals surface area contributed by atoms with Crippen molar-refractivity contribution in [2.24, 2.45) is 0 Å². The van der Waals surface area contributed by atoms with Crippen molar-refractivity contribution in [1.29, 1.82) is 0 Å². The minimum Gasteiger partial charge on any atom is -0.454 e. The molecule has 8 nitrogen and oxygen atoms in total. The van der Waals surface area contributed by atoms with Crippen LogP contribution in [0.3, 0.4) is 0 Å². The van der Waals surface area contributed by atoms with Gasteiger partial charge < -0.3 is 15.4 Å². The standard InChI is InChI=1S/C18H23N3O5/c1-12(2)19-18(25)21-16(23)11-26-17(24)13(3)20-15(22)10-9-14-7-5-4-6-8-14/h4-10,12-13H,11H2,1-3H3,(H,20,22)(H2,19,21,23,25)/b10-9+/t13-/m0/s1. The lowest BCUT2D eigenvalue weighted by molar-refractivity contribution is -0.150. The fourth-order valence-electron chi connectivity index (χ4n) is 1.78. The number of urea groups is 1. The number of nitrogens with one attached hydrogen (secondary N) is 3. The van der Waals surface area contributed by atoms with Gasteiger partial charge in [-0.05, 0) is 32.4 Å². The molecule has 26 heavy (non-hydrogen) atoms. The molecule has 0 unspecified atom stereocenters. The Labute approximate surface area is 152 Å². The molecule has 0 saturated carbocycles. The summed E-state index contributed by atoms with van der Waals surface area (Å²) in [4.78, 5) is 46.4. The summed E-state index contributed by atoms with van der Waals surface area (Å²) in [7, 11) is 0. The fourth-order valence-corrected chi connectivity index (χ4v) is 1.78. The number of esters is 1. The first-order chi connectivity index (χ1) is 12.3. The summed E-state index contributed by atoms with van der Waals surface area (Å²) in [6.45, 7) is 4.28. The highest BCUT2D eigenvalue weighted by atomic mass is 16.5. The van der Waals surface area contributed by atoms with Crippen molar-refractivity contribution in [3.63, 3.8) is 0 Å². The maximum absolute atomic E-state index is 11.8. The van der Waals surface area contributed by atoms with Gasteiger partial charge in [0.2, 0.25) is 5.91 Å². The molecule has 0 aliphatic rings. The van der Waals surface area contributed by atoms with Crippen LogP contribution in [0.5, 0.6) is 0 Å². The van der Waals surface area contributed by atoms with Gasteiger partial charge in [0, 0.05) is 12.1 Å². The average Bonchev–Trinajstić information content (AvgIpc) is 2.57. The van der Waals surface area contributed by atoms with Crippen LogP contribution in [-0.2, 0) is 19.1 Å². The van der Waals surface area contributed by atoms with Gasteiger partial charge in [0.1, 0.15) is 6.04 Å². The second-order valence-electron chi connectivity index (χ2n) is 5.76. The first kappa shape index (κ1) is 20.9. The number of carbonyl (C=O) groups is 4. The number of carbonyl (C=O) groups excluding carboxylic acids is 4. The van der Waals surface area contributed by atoms with E-state index in [2.05, 4.69) is 10.6 Å². The van der Waals surface area contributed by atoms with E-state index in [0.29, 0.717) is 0 Å². The van der Waals surface area contributed by atoms with Crippen molar-refractivity contribution in [2.45, 2.75) is 32.9 Å². The summed E-state index contributed by atoms with van der Waals surface area (Å²) >= 11 is 0. The normalized spacial score (nSPS) is 11.7. The number of amides is 4. The highest BCUT2D eigenvalue weighted by Crippen LogP contribution is 2.00. The topological polar surface area (TPSA) is 114 Å². The van der Waals surface area contributed by atoms with E-state index < -0.39 is 36.5 Å². The SMILES string of the molecule is CC(C)NC(=O)NC(=O)COC(=O)[C@H](C)NC(=O)/C=C/c1ccccc1. The van der Waals surface area contributed by atoms with Crippen molar-refractivity contribution in [3.8, 4) is 0 Å². The van der Waals surface area contributed by atoms with Crippen LogP contribution in [0.1, 0.15) is 26.3 Å². The molecule has 1 rings (SSSR count). The van der Waals surface area contributed by atoms with E-state index in [9.17, 15) is 19.2 Å². The van der Waals surface area contributed by atoms with Crippen LogP contribution in [0.4, 0.5) is 4.79 Å². The molecule has 0 bridgehead atoms. The maximum atomic E-state index is 11.8. The molecule has 0 spiro atoms. The smallest absolute Gasteiger partial charge is 0.328 e. The molecule has 0 aromatic heterocycles. The van der Waals surface area contributed by atoms with E-state index in [-0.39, 0.29) is 6.04 Å². The van der Waals surface area contributed by atoms with Gasteiger partial charge in [-0.1, -0.05) is 30.3 Å². The Morgan fingerprint density at radius 2 is 1.69 bits per heavy atom. The van der Waals surface area contributed by atoms with Gasteiger partial charge in [0.15, 0.2) is 6.61 Å². The number of imide groups is 1. The first-order valence-electron chi connectivity index (χ1n) is 8.08. The fraction of sp³-hybridized carbons (Fsp3) is 0.333. The predicted molar refractivity (Wildman–Crippen MR) is 95.9 cm³/mol. The van der Waals surface area contributed by atoms with Gasteiger partial charge in [0.05, 0.1) is 0 Å². The summed E-state index contributed by atoms with van der Waals surface area (Å²) in [5, 5.41) is 6.91. The summed E-state index contributed by atoms with van der Waals surface area (Å²) < 4.78 is 4.77. The zero-order valence-corrected chi connectivity index (χ0v) is 14.9. The third-order valence-corrected chi connectivity index (χ3v) is 2.96. The number of rotatable bonds is 7. The monoisotopic (exact) mass is 361 g/mol. The van der Waals surface area contributed by atoms with Crippen LogP contribution < -0.4 is 16.0 Å². The number of hydrogen-bond donors (Lipinski definition) is 3. The molecule has 1 atom stereocenters. The van der Waals surface area contributed by atoms with Crippen LogP contribution in [0.2, 0.25) is 0 Å². The van der Waals surface area contributed by atoms with Gasteiger partial charge in [-0.25, -0.2) is 9.59 Å². The number of hydrogen-bond acceptors (Lipinski definition) is 5. The molecule has 0 aliphatic heterocycles. The first-order valence-corrected chi connectivity index (χ1v) is 8.08. The van der Waals surface area contributed by atoms with Crippen molar-refractivity contribution < 1.29 is 23.9 Å². The van der Waals surface area contributed by atoms with Crippen LogP contribution in [0.25, 0.3) is 6.08 Å². The summed E-state index contributed by atoms with van der Waals surface area (Å²) in [6, 6.07) is 7.44. The molecule has 0 radical (unpaired) electrons. The Kier molecular flexibility index (Phi) is 8.56. The largest absolute Gasteiger partial charge is 0.454 e. The van der Waals surface area contributed by atoms with Gasteiger partial charge in [-0.3, -0.25) is 14.9 Å². The summed E-state index contributed by atoms with van der Waals surface area (Å²) in [6.07, 6.45) is 2.90. The number of benzene rings is 1. The summed E-state index contributed by atoms with van der Waals surface area (Å²) in [5.74, 6) is -2.02. The van der Waals surface area contributed by atoms with Crippen molar-refractivity contribution in [1.82, 2.24) is 16.0 Å². The quantitative estimate of drug-likeness (QED) is 0.495. The molecule has 1 aromatic carbocycles. The van der Waals surface area contributed by atoms with E-state index in [0.717, 1.165) is 5.56 Å². The van der Waals surface area contributed by atoms with Crippen molar-refractivity contribution in [3.05, 3.63) is 42.0 Å². The molecule has 0 saturated heterocycles. The minimum atomic E-state index is -0.944. The molecule has 0 fully saturated rings. The lowest BCUT2D eigenvalue weighted by atomic mass is 10.2. The Morgan fingerprint density at radius 1 is 1.04 bits per heavy atom. The zero-order valence-electron chi connectivity index (χ0n) is 14.9. The van der Waals surface area contributed by atoms with Crippen LogP contribution in [0, 0.1) is 0 Å². The van der Waals surface area contributed by atoms with E-state index in [1.807, 2.05) is 35.6 Å². The molecular weight excluding hydrogens is 338 g/mol. The molecule has 1 aromatic rings. The van der Waals surface area contributed by atoms with E-state index >= 15 is 0 Å². The maximum Gasteiger partial charge on any atom is 0.328 e. The second-order valence-corrected chi connectivity index (χ2v) is 5.76. The second kappa shape index (κ2) is 10.7. The third kappa shape index (κ3) is 8.62. The van der Waals surface area contributed by atoms with E-state index in [4.69, 9.17) is 4.74 Å². The van der Waals surface area contributed by atoms with E-state index in [1.165, 1.54) is 13.0 Å². The lowest BCUT2D eigenvalue weighted by Crippen LogP contribution is -2.45. The molecule has 0 heterocycles.